The molecule has 0 aromatic heterocycles. The number of piperazine rings is 1. The van der Waals surface area contributed by atoms with Crippen molar-refractivity contribution >= 4 is 23.4 Å². The van der Waals surface area contributed by atoms with Crippen molar-refractivity contribution in [1.82, 2.24) is 15.1 Å². The van der Waals surface area contributed by atoms with Crippen LogP contribution in [0.4, 0.5) is 10.1 Å². The highest BCUT2D eigenvalue weighted by molar-refractivity contribution is 6.08. The summed E-state index contributed by atoms with van der Waals surface area (Å²) in [6.45, 7) is 5.00. The number of carbonyl (C=O) groups excluding carboxylic acids is 3. The number of allylic oxidation sites excluding steroid dienone is 2. The maximum Gasteiger partial charge on any atom is 0.240 e. The number of benzene rings is 1. The Kier molecular flexibility index (Phi) is 5.28. The van der Waals surface area contributed by atoms with Crippen LogP contribution in [0.3, 0.4) is 0 Å². The number of likely N-dealkylation sites (N-methyl/N-ethyl adjacent to an activating group) is 1. The van der Waals surface area contributed by atoms with Crippen LogP contribution >= 0.6 is 0 Å². The Labute approximate surface area is 187 Å². The Morgan fingerprint density at radius 2 is 1.72 bits per heavy atom. The van der Waals surface area contributed by atoms with Crippen molar-refractivity contribution < 1.29 is 18.8 Å². The minimum Gasteiger partial charge on any atom is -0.369 e. The van der Waals surface area contributed by atoms with Crippen molar-refractivity contribution in [3.8, 4) is 0 Å². The van der Waals surface area contributed by atoms with Crippen LogP contribution in [0.2, 0.25) is 0 Å². The van der Waals surface area contributed by atoms with Crippen LogP contribution in [-0.4, -0.2) is 67.3 Å². The van der Waals surface area contributed by atoms with Crippen molar-refractivity contribution in [2.75, 3.05) is 44.7 Å². The molecule has 3 amide bonds. The number of nitrogens with zero attached hydrogens (tertiary/aromatic N) is 3. The van der Waals surface area contributed by atoms with E-state index >= 15 is 0 Å². The van der Waals surface area contributed by atoms with E-state index < -0.39 is 11.9 Å². The van der Waals surface area contributed by atoms with Crippen LogP contribution in [0.15, 0.2) is 30.4 Å². The smallest absolute Gasteiger partial charge is 0.240 e. The Hall–Kier alpha value is -2.74. The fraction of sp³-hybridized carbons (Fsp3) is 0.542. The van der Waals surface area contributed by atoms with Gasteiger partial charge in [-0.2, -0.15) is 0 Å². The number of rotatable bonds is 5. The molecule has 5 atom stereocenters. The molecule has 0 radical (unpaired) electrons. The van der Waals surface area contributed by atoms with E-state index in [2.05, 4.69) is 22.2 Å². The highest BCUT2D eigenvalue weighted by Gasteiger charge is 2.59. The molecule has 2 saturated heterocycles. The third kappa shape index (κ3) is 3.50. The van der Waals surface area contributed by atoms with E-state index in [0.29, 0.717) is 5.56 Å². The zero-order valence-corrected chi connectivity index (χ0v) is 18.5. The van der Waals surface area contributed by atoms with Crippen molar-refractivity contribution in [3.63, 3.8) is 0 Å². The summed E-state index contributed by atoms with van der Waals surface area (Å²) in [5.41, 5.74) is 1.60. The number of amides is 3. The number of hydrogen-bond donors (Lipinski definition) is 1. The van der Waals surface area contributed by atoms with Crippen LogP contribution in [0.1, 0.15) is 24.9 Å². The number of fused-ring (bicyclic) bond motifs is 5. The molecular formula is C24H29FN4O3. The molecule has 5 unspecified atom stereocenters. The molecule has 8 heteroatoms. The molecule has 1 aromatic carbocycles. The molecule has 4 aliphatic rings. The first-order chi connectivity index (χ1) is 15.3. The average Bonchev–Trinajstić information content (AvgIpc) is 3.44. The zero-order valence-electron chi connectivity index (χ0n) is 18.5. The monoisotopic (exact) mass is 440 g/mol. The summed E-state index contributed by atoms with van der Waals surface area (Å²) in [4.78, 5) is 44.1. The predicted octanol–water partition coefficient (Wildman–Crippen LogP) is 1.56. The van der Waals surface area contributed by atoms with Gasteiger partial charge in [0.05, 0.1) is 17.9 Å². The highest BCUT2D eigenvalue weighted by Crippen LogP contribution is 2.52. The number of hydrogen-bond acceptors (Lipinski definition) is 5. The molecule has 7 nitrogen and oxygen atoms in total. The van der Waals surface area contributed by atoms with Crippen LogP contribution in [0.5, 0.6) is 0 Å². The normalized spacial score (nSPS) is 30.2. The van der Waals surface area contributed by atoms with Gasteiger partial charge >= 0.3 is 0 Å². The second-order valence-corrected chi connectivity index (χ2v) is 9.55. The largest absolute Gasteiger partial charge is 0.369 e. The molecule has 1 N–H and O–H groups in total. The summed E-state index contributed by atoms with van der Waals surface area (Å²) >= 11 is 0. The van der Waals surface area contributed by atoms with Gasteiger partial charge in [-0.25, -0.2) is 4.39 Å². The maximum atomic E-state index is 14.1. The lowest BCUT2D eigenvalue weighted by Gasteiger charge is -2.36. The topological polar surface area (TPSA) is 73.0 Å². The third-order valence-corrected chi connectivity index (χ3v) is 7.54. The predicted molar refractivity (Wildman–Crippen MR) is 117 cm³/mol. The van der Waals surface area contributed by atoms with E-state index in [9.17, 15) is 18.8 Å². The molecule has 2 aliphatic heterocycles. The summed E-state index contributed by atoms with van der Waals surface area (Å²) < 4.78 is 14.1. The van der Waals surface area contributed by atoms with Gasteiger partial charge in [-0.15, -0.1) is 0 Å². The van der Waals surface area contributed by atoms with Crippen LogP contribution in [0.25, 0.3) is 0 Å². The van der Waals surface area contributed by atoms with Gasteiger partial charge < -0.3 is 15.1 Å². The number of carbonyl (C=O) groups is 3. The third-order valence-electron chi connectivity index (χ3n) is 7.54. The molecule has 1 aromatic rings. The number of nitrogens with one attached hydrogen (secondary N) is 1. The van der Waals surface area contributed by atoms with E-state index in [0.717, 1.165) is 43.2 Å². The summed E-state index contributed by atoms with van der Waals surface area (Å²) in [6.07, 6.45) is 4.93. The van der Waals surface area contributed by atoms with E-state index in [-0.39, 0.29) is 47.8 Å². The van der Waals surface area contributed by atoms with Gasteiger partial charge in [0.2, 0.25) is 17.7 Å². The minimum absolute atomic E-state index is 0.117. The fourth-order valence-electron chi connectivity index (χ4n) is 5.84. The Morgan fingerprint density at radius 1 is 1.09 bits per heavy atom. The number of anilines is 1. The van der Waals surface area contributed by atoms with Gasteiger partial charge in [-0.05, 0) is 50.4 Å². The minimum atomic E-state index is -0.460. The summed E-state index contributed by atoms with van der Waals surface area (Å²) in [5, 5.41) is 2.88. The quantitative estimate of drug-likeness (QED) is 0.556. The molecule has 0 spiro atoms. The van der Waals surface area contributed by atoms with Gasteiger partial charge in [-0.1, -0.05) is 12.2 Å². The van der Waals surface area contributed by atoms with Gasteiger partial charge in [0, 0.05) is 37.4 Å². The lowest BCUT2D eigenvalue weighted by Crippen LogP contribution is -2.45. The van der Waals surface area contributed by atoms with Crippen molar-refractivity contribution in [1.29, 1.82) is 0 Å². The molecule has 2 bridgehead atoms. The molecule has 170 valence electrons. The van der Waals surface area contributed by atoms with E-state index in [1.807, 2.05) is 12.2 Å². The van der Waals surface area contributed by atoms with Crippen LogP contribution in [-0.2, 0) is 14.4 Å². The first-order valence-corrected chi connectivity index (χ1v) is 11.4. The lowest BCUT2D eigenvalue weighted by molar-refractivity contribution is -0.144. The standard InChI is InChI=1S/C24H29FN4O3/c1-14(18-12-17(25)5-6-19(18)28-9-7-27(2)8-10-28)26-20(30)13-29-23(31)21-15-3-4-16(11-15)22(21)24(29)32/h3-6,12,14-16,21-22H,7-11,13H2,1-2H3,(H,26,30). The van der Waals surface area contributed by atoms with Crippen LogP contribution in [0, 0.1) is 29.5 Å². The number of imide groups is 1. The molecule has 2 heterocycles. The average molecular weight is 441 g/mol. The Balaban J connectivity index is 1.27. The summed E-state index contributed by atoms with van der Waals surface area (Å²) in [6, 6.07) is 4.20. The molecule has 2 aliphatic carbocycles. The molecule has 3 fully saturated rings. The fourth-order valence-corrected chi connectivity index (χ4v) is 5.84. The van der Waals surface area contributed by atoms with E-state index in [4.69, 9.17) is 0 Å². The Bertz CT molecular complexity index is 957. The SMILES string of the molecule is CC(NC(=O)CN1C(=O)C2C3C=CC(C3)C2C1=O)c1cc(F)ccc1N1CCN(C)CC1. The summed E-state index contributed by atoms with van der Waals surface area (Å²) in [7, 11) is 2.07. The lowest BCUT2D eigenvalue weighted by atomic mass is 9.85. The zero-order chi connectivity index (χ0) is 22.6. The number of likely N-dealkylation sites (tertiary alicyclic amines) is 1. The maximum absolute atomic E-state index is 14.1. The van der Waals surface area contributed by atoms with E-state index in [1.54, 1.807) is 13.0 Å². The second-order valence-electron chi connectivity index (χ2n) is 9.55. The molecule has 5 rings (SSSR count). The first kappa shape index (κ1) is 21.1. The second kappa shape index (κ2) is 7.99. The highest BCUT2D eigenvalue weighted by atomic mass is 19.1. The van der Waals surface area contributed by atoms with Crippen molar-refractivity contribution in [3.05, 3.63) is 41.7 Å². The first-order valence-electron chi connectivity index (χ1n) is 11.4. The van der Waals surface area contributed by atoms with Crippen molar-refractivity contribution in [2.45, 2.75) is 19.4 Å². The van der Waals surface area contributed by atoms with Gasteiger partial charge in [0.1, 0.15) is 12.4 Å². The summed E-state index contributed by atoms with van der Waals surface area (Å²) in [5.74, 6) is -1.62. The molecular weight excluding hydrogens is 411 g/mol. The Morgan fingerprint density at radius 3 is 2.34 bits per heavy atom. The van der Waals surface area contributed by atoms with Crippen molar-refractivity contribution in [2.24, 2.45) is 23.7 Å². The van der Waals surface area contributed by atoms with Gasteiger partial charge in [-0.3, -0.25) is 19.3 Å². The van der Waals surface area contributed by atoms with Crippen LogP contribution < -0.4 is 10.2 Å². The molecule has 32 heavy (non-hydrogen) atoms. The van der Waals surface area contributed by atoms with Gasteiger partial charge in [0.15, 0.2) is 0 Å². The molecule has 1 saturated carbocycles. The van der Waals surface area contributed by atoms with E-state index in [1.165, 1.54) is 12.1 Å². The number of halogens is 1. The van der Waals surface area contributed by atoms with Gasteiger partial charge in [0.25, 0.3) is 0 Å².